The molecular formula is C12H9F3IN2O. The van der Waals surface area contributed by atoms with Gasteiger partial charge in [0.05, 0.1) is 12.8 Å². The van der Waals surface area contributed by atoms with Crippen molar-refractivity contribution in [2.75, 3.05) is 7.11 Å². The van der Waals surface area contributed by atoms with Gasteiger partial charge in [-0.25, -0.2) is 0 Å². The third-order valence-electron chi connectivity index (χ3n) is 2.60. The van der Waals surface area contributed by atoms with Crippen molar-refractivity contribution in [3.63, 3.8) is 0 Å². The third-order valence-corrected chi connectivity index (χ3v) is 3.27. The standard InChI is InChI=1S/C12H9F3IN2O/c1-6-10(11(18-17-6)12(13,14)15)8-5-7(16)3-4-9(8)19-2/h3-5H,1-2H3. The van der Waals surface area contributed by atoms with E-state index in [2.05, 4.69) is 10.5 Å². The van der Waals surface area contributed by atoms with Crippen molar-refractivity contribution in [1.82, 2.24) is 5.43 Å². The fourth-order valence-electron chi connectivity index (χ4n) is 1.79. The summed E-state index contributed by atoms with van der Waals surface area (Å²) in [5.41, 5.74) is 3.11. The zero-order valence-electron chi connectivity index (χ0n) is 10.0. The first-order chi connectivity index (χ1) is 8.84. The van der Waals surface area contributed by atoms with Gasteiger partial charge in [-0.1, -0.05) is 0 Å². The van der Waals surface area contributed by atoms with Gasteiger partial charge in [0.1, 0.15) is 5.75 Å². The van der Waals surface area contributed by atoms with Gasteiger partial charge in [0.15, 0.2) is 5.71 Å². The predicted molar refractivity (Wildman–Crippen MR) is 73.9 cm³/mol. The fourth-order valence-corrected chi connectivity index (χ4v) is 2.28. The molecule has 1 aromatic carbocycles. The molecule has 1 aromatic rings. The average Bonchev–Trinajstić information content (AvgIpc) is 2.70. The number of alkyl halides is 3. The minimum absolute atomic E-state index is 0.0251. The Morgan fingerprint density at radius 2 is 1.95 bits per heavy atom. The monoisotopic (exact) mass is 381 g/mol. The Labute approximate surface area is 121 Å². The maximum absolute atomic E-state index is 12.9. The summed E-state index contributed by atoms with van der Waals surface area (Å²) in [5, 5.41) is 3.24. The van der Waals surface area contributed by atoms with Crippen molar-refractivity contribution in [1.29, 1.82) is 0 Å². The van der Waals surface area contributed by atoms with E-state index in [9.17, 15) is 13.2 Å². The third kappa shape index (κ3) is 2.70. The van der Waals surface area contributed by atoms with E-state index in [0.717, 1.165) is 3.57 Å². The highest BCUT2D eigenvalue weighted by molar-refractivity contribution is 14.1. The van der Waals surface area contributed by atoms with Crippen molar-refractivity contribution in [3.8, 4) is 5.75 Å². The van der Waals surface area contributed by atoms with Crippen LogP contribution in [0.4, 0.5) is 13.2 Å². The summed E-state index contributed by atoms with van der Waals surface area (Å²) in [7, 11) is 1.41. The molecule has 1 radical (unpaired) electrons. The van der Waals surface area contributed by atoms with Crippen molar-refractivity contribution in [3.05, 3.63) is 33.0 Å². The predicted octanol–water partition coefficient (Wildman–Crippen LogP) is 3.57. The van der Waals surface area contributed by atoms with Crippen LogP contribution >= 0.6 is 22.6 Å². The minimum atomic E-state index is -4.54. The van der Waals surface area contributed by atoms with E-state index in [1.54, 1.807) is 18.2 Å². The van der Waals surface area contributed by atoms with E-state index in [1.165, 1.54) is 14.0 Å². The molecule has 0 amide bonds. The van der Waals surface area contributed by atoms with Crippen LogP contribution in [0, 0.1) is 3.57 Å². The zero-order valence-corrected chi connectivity index (χ0v) is 12.2. The largest absolute Gasteiger partial charge is 0.496 e. The van der Waals surface area contributed by atoms with Gasteiger partial charge in [0.2, 0.25) is 0 Å². The maximum atomic E-state index is 12.9. The lowest BCUT2D eigenvalue weighted by Crippen LogP contribution is -2.23. The number of rotatable bonds is 2. The number of allylic oxidation sites excluding steroid dienone is 2. The summed E-state index contributed by atoms with van der Waals surface area (Å²) >= 11 is 2.03. The molecule has 1 heterocycles. The molecule has 0 atom stereocenters. The Morgan fingerprint density at radius 1 is 1.26 bits per heavy atom. The fraction of sp³-hybridized carbons (Fsp3) is 0.250. The first-order valence-corrected chi connectivity index (χ1v) is 6.33. The van der Waals surface area contributed by atoms with E-state index < -0.39 is 11.9 Å². The van der Waals surface area contributed by atoms with Crippen LogP contribution in [0.2, 0.25) is 0 Å². The van der Waals surface area contributed by atoms with Crippen molar-refractivity contribution in [2.45, 2.75) is 13.1 Å². The second-order valence-electron chi connectivity index (χ2n) is 3.85. The number of benzene rings is 1. The Morgan fingerprint density at radius 3 is 2.53 bits per heavy atom. The van der Waals surface area contributed by atoms with Crippen LogP contribution in [0.15, 0.2) is 29.0 Å². The molecule has 0 spiro atoms. The first-order valence-electron chi connectivity index (χ1n) is 5.25. The maximum Gasteiger partial charge on any atom is 0.435 e. The highest BCUT2D eigenvalue weighted by Crippen LogP contribution is 2.37. The molecule has 101 valence electrons. The molecule has 0 saturated carbocycles. The van der Waals surface area contributed by atoms with Crippen LogP contribution in [-0.2, 0) is 0 Å². The average molecular weight is 381 g/mol. The van der Waals surface area contributed by atoms with E-state index >= 15 is 0 Å². The molecule has 2 rings (SSSR count). The van der Waals surface area contributed by atoms with Crippen LogP contribution < -0.4 is 10.2 Å². The lowest BCUT2D eigenvalue weighted by molar-refractivity contribution is -0.0572. The topological polar surface area (TPSA) is 35.7 Å². The molecule has 19 heavy (non-hydrogen) atoms. The molecule has 3 nitrogen and oxygen atoms in total. The Kier molecular flexibility index (Phi) is 3.75. The Hall–Kier alpha value is -1.25. The van der Waals surface area contributed by atoms with Crippen molar-refractivity contribution in [2.24, 2.45) is 5.10 Å². The van der Waals surface area contributed by atoms with Crippen LogP contribution in [0.3, 0.4) is 0 Å². The van der Waals surface area contributed by atoms with Crippen molar-refractivity contribution >= 4 is 33.9 Å². The van der Waals surface area contributed by atoms with E-state index in [-0.39, 0.29) is 11.3 Å². The Balaban J connectivity index is 2.60. The molecule has 0 unspecified atom stereocenters. The summed E-state index contributed by atoms with van der Waals surface area (Å²) in [6.07, 6.45) is -4.54. The zero-order chi connectivity index (χ0) is 14.2. The second-order valence-corrected chi connectivity index (χ2v) is 5.10. The summed E-state index contributed by atoms with van der Waals surface area (Å²) in [6, 6.07) is 5.01. The lowest BCUT2D eigenvalue weighted by Gasteiger charge is -2.14. The highest BCUT2D eigenvalue weighted by Gasteiger charge is 2.43. The van der Waals surface area contributed by atoms with Gasteiger partial charge in [-0.15, -0.1) is 5.10 Å². The van der Waals surface area contributed by atoms with E-state index in [0.29, 0.717) is 11.3 Å². The molecule has 7 heteroatoms. The van der Waals surface area contributed by atoms with Gasteiger partial charge in [0.25, 0.3) is 0 Å². The lowest BCUT2D eigenvalue weighted by atomic mass is 9.98. The van der Waals surface area contributed by atoms with Crippen molar-refractivity contribution < 1.29 is 17.9 Å². The van der Waals surface area contributed by atoms with Gasteiger partial charge in [0, 0.05) is 14.7 Å². The first kappa shape index (κ1) is 14.2. The minimum Gasteiger partial charge on any atom is -0.496 e. The molecule has 0 N–H and O–H groups in total. The SMILES string of the molecule is COc1ccc(I)cc1C1=C(C)[N]N=C1C(F)(F)F. The van der Waals surface area contributed by atoms with Gasteiger partial charge in [-0.3, -0.25) is 0 Å². The van der Waals surface area contributed by atoms with Gasteiger partial charge in [-0.05, 0) is 47.7 Å². The molecule has 1 aliphatic heterocycles. The molecule has 0 fully saturated rings. The summed E-state index contributed by atoms with van der Waals surface area (Å²) in [5.74, 6) is 0.365. The van der Waals surface area contributed by atoms with Crippen LogP contribution in [-0.4, -0.2) is 19.0 Å². The Bertz CT molecular complexity index is 579. The quantitative estimate of drug-likeness (QED) is 0.722. The van der Waals surface area contributed by atoms with Gasteiger partial charge in [-0.2, -0.15) is 18.6 Å². The normalized spacial score (nSPS) is 15.4. The number of ether oxygens (including phenoxy) is 1. The van der Waals surface area contributed by atoms with E-state index in [1.807, 2.05) is 22.6 Å². The number of hydrogen-bond donors (Lipinski definition) is 0. The number of nitrogens with zero attached hydrogens (tertiary/aromatic N) is 2. The number of hydrogen-bond acceptors (Lipinski definition) is 2. The van der Waals surface area contributed by atoms with E-state index in [4.69, 9.17) is 4.74 Å². The second kappa shape index (κ2) is 5.03. The molecule has 0 aliphatic carbocycles. The molecule has 0 bridgehead atoms. The van der Waals surface area contributed by atoms with Gasteiger partial charge < -0.3 is 4.74 Å². The van der Waals surface area contributed by atoms with Crippen LogP contribution in [0.25, 0.3) is 5.57 Å². The smallest absolute Gasteiger partial charge is 0.435 e. The van der Waals surface area contributed by atoms with Gasteiger partial charge >= 0.3 is 6.18 Å². The molecule has 0 saturated heterocycles. The number of halogens is 4. The van der Waals surface area contributed by atoms with Crippen LogP contribution in [0.1, 0.15) is 12.5 Å². The number of methoxy groups -OCH3 is 1. The molecular weight excluding hydrogens is 372 g/mol. The summed E-state index contributed by atoms with van der Waals surface area (Å²) in [4.78, 5) is 0. The summed E-state index contributed by atoms with van der Waals surface area (Å²) in [6.45, 7) is 1.50. The molecule has 1 aliphatic rings. The summed E-state index contributed by atoms with van der Waals surface area (Å²) < 4.78 is 44.7. The highest BCUT2D eigenvalue weighted by atomic mass is 127. The van der Waals surface area contributed by atoms with Crippen LogP contribution in [0.5, 0.6) is 5.75 Å². The molecule has 0 aromatic heterocycles.